The Labute approximate surface area is 77.3 Å². The molecule has 1 aliphatic heterocycles. The fourth-order valence-corrected chi connectivity index (χ4v) is 1.96. The number of hydrogen-bond acceptors (Lipinski definition) is 3. The Morgan fingerprint density at radius 1 is 1.46 bits per heavy atom. The van der Waals surface area contributed by atoms with Crippen LogP contribution in [0.2, 0.25) is 0 Å². The molecule has 0 radical (unpaired) electrons. The molecule has 0 unspecified atom stereocenters. The van der Waals surface area contributed by atoms with Gasteiger partial charge in [-0.05, 0) is 32.6 Å². The molecule has 72 valence electrons. The topological polar surface area (TPSA) is 50.7 Å². The highest BCUT2D eigenvalue weighted by Gasteiger charge is 2.38. The van der Waals surface area contributed by atoms with Gasteiger partial charge in [-0.1, -0.05) is 6.42 Å². The average molecular weight is 182 g/mol. The van der Waals surface area contributed by atoms with Crippen molar-refractivity contribution in [2.75, 3.05) is 0 Å². The summed E-state index contributed by atoms with van der Waals surface area (Å²) in [5.41, 5.74) is 2.92. The summed E-state index contributed by atoms with van der Waals surface area (Å²) in [5.74, 6) is 0. The van der Waals surface area contributed by atoms with E-state index < -0.39 is 11.7 Å². The highest BCUT2D eigenvalue weighted by molar-refractivity contribution is 5.96. The van der Waals surface area contributed by atoms with Crippen LogP contribution < -0.4 is 5.43 Å². The fraction of sp³-hybridized carbons (Fsp3) is 0.778. The summed E-state index contributed by atoms with van der Waals surface area (Å²) in [6.45, 7) is 1.95. The molecule has 0 aromatic carbocycles. The maximum Gasteiger partial charge on any atom is 0.428 e. The highest BCUT2D eigenvalue weighted by Crippen LogP contribution is 2.29. The van der Waals surface area contributed by atoms with Gasteiger partial charge < -0.3 is 4.74 Å². The Morgan fingerprint density at radius 3 is 3.15 bits per heavy atom. The second kappa shape index (κ2) is 3.01. The first kappa shape index (κ1) is 8.53. The molecule has 2 rings (SSSR count). The number of amides is 1. The van der Waals surface area contributed by atoms with E-state index in [-0.39, 0.29) is 0 Å². The summed E-state index contributed by atoms with van der Waals surface area (Å²) >= 11 is 0. The molecule has 1 fully saturated rings. The lowest BCUT2D eigenvalue weighted by Crippen LogP contribution is -2.47. The average Bonchev–Trinajstić information content (AvgIpc) is 2.24. The molecule has 0 saturated heterocycles. The van der Waals surface area contributed by atoms with E-state index in [0.717, 1.165) is 31.4 Å². The van der Waals surface area contributed by atoms with Crippen molar-refractivity contribution in [3.05, 3.63) is 0 Å². The Kier molecular flexibility index (Phi) is 1.98. The number of ether oxygens (including phenoxy) is 1. The van der Waals surface area contributed by atoms with Crippen molar-refractivity contribution in [1.82, 2.24) is 5.43 Å². The predicted octanol–water partition coefficient (Wildman–Crippen LogP) is 1.80. The van der Waals surface area contributed by atoms with E-state index in [1.165, 1.54) is 6.42 Å². The number of carbonyl (C=O) groups is 1. The molecule has 1 saturated carbocycles. The summed E-state index contributed by atoms with van der Waals surface area (Å²) in [6, 6.07) is 0. The molecule has 0 aromatic rings. The van der Waals surface area contributed by atoms with Crippen LogP contribution in [0.4, 0.5) is 4.79 Å². The van der Waals surface area contributed by atoms with Gasteiger partial charge in [0, 0.05) is 0 Å². The summed E-state index contributed by atoms with van der Waals surface area (Å²) in [5, 5.41) is 4.06. The van der Waals surface area contributed by atoms with Gasteiger partial charge in [0.1, 0.15) is 0 Å². The van der Waals surface area contributed by atoms with Gasteiger partial charge in [0.25, 0.3) is 0 Å². The second-order valence-electron chi connectivity index (χ2n) is 3.85. The molecule has 1 atom stereocenters. The van der Waals surface area contributed by atoms with E-state index in [4.69, 9.17) is 4.74 Å². The normalized spacial score (nSPS) is 33.6. The molecule has 4 heteroatoms. The summed E-state index contributed by atoms with van der Waals surface area (Å²) in [7, 11) is 0. The Morgan fingerprint density at radius 2 is 2.31 bits per heavy atom. The minimum atomic E-state index is -0.432. The maximum atomic E-state index is 11.0. The lowest BCUT2D eigenvalue weighted by Gasteiger charge is -2.32. The van der Waals surface area contributed by atoms with Gasteiger partial charge in [0.15, 0.2) is 5.60 Å². The van der Waals surface area contributed by atoms with E-state index in [0.29, 0.717) is 0 Å². The third kappa shape index (κ3) is 1.53. The molecule has 4 nitrogen and oxygen atoms in total. The Balaban J connectivity index is 2.26. The summed E-state index contributed by atoms with van der Waals surface area (Å²) < 4.78 is 5.28. The number of rotatable bonds is 0. The quantitative estimate of drug-likeness (QED) is 0.621. The van der Waals surface area contributed by atoms with Gasteiger partial charge in [0.2, 0.25) is 0 Å². The molecule has 1 amide bonds. The van der Waals surface area contributed by atoms with Crippen LogP contribution in [0.5, 0.6) is 0 Å². The Hall–Kier alpha value is -1.06. The van der Waals surface area contributed by atoms with Gasteiger partial charge in [-0.3, -0.25) is 0 Å². The van der Waals surface area contributed by atoms with Crippen LogP contribution >= 0.6 is 0 Å². The molecule has 13 heavy (non-hydrogen) atoms. The van der Waals surface area contributed by atoms with Crippen molar-refractivity contribution < 1.29 is 9.53 Å². The van der Waals surface area contributed by atoms with Gasteiger partial charge in [-0.2, -0.15) is 5.10 Å². The zero-order valence-corrected chi connectivity index (χ0v) is 7.80. The third-order valence-corrected chi connectivity index (χ3v) is 2.78. The molecule has 0 spiro atoms. The van der Waals surface area contributed by atoms with Crippen molar-refractivity contribution in [2.45, 2.75) is 44.6 Å². The minimum Gasteiger partial charge on any atom is -0.436 e. The Bertz CT molecular complexity index is 262. The molecular weight excluding hydrogens is 168 g/mol. The van der Waals surface area contributed by atoms with E-state index in [2.05, 4.69) is 10.5 Å². The maximum absolute atomic E-state index is 11.0. The number of carbonyl (C=O) groups excluding carboxylic acids is 1. The molecule has 2 aliphatic rings. The van der Waals surface area contributed by atoms with E-state index >= 15 is 0 Å². The summed E-state index contributed by atoms with van der Waals surface area (Å²) in [4.78, 5) is 11.0. The largest absolute Gasteiger partial charge is 0.436 e. The van der Waals surface area contributed by atoms with Crippen LogP contribution in [0, 0.1) is 0 Å². The minimum absolute atomic E-state index is 0.423. The second-order valence-corrected chi connectivity index (χ2v) is 3.85. The molecular formula is C9H14N2O2. The van der Waals surface area contributed by atoms with Crippen LogP contribution in [0.25, 0.3) is 0 Å². The molecule has 0 aromatic heterocycles. The lowest BCUT2D eigenvalue weighted by atomic mass is 9.94. The number of hydrogen-bond donors (Lipinski definition) is 1. The first-order chi connectivity index (χ1) is 6.21. The summed E-state index contributed by atoms with van der Waals surface area (Å²) in [6.07, 6.45) is 4.88. The molecule has 0 bridgehead atoms. The highest BCUT2D eigenvalue weighted by atomic mass is 16.6. The van der Waals surface area contributed by atoms with Crippen LogP contribution in [-0.4, -0.2) is 17.4 Å². The number of nitrogens with one attached hydrogen (secondary N) is 1. The van der Waals surface area contributed by atoms with E-state index in [1.807, 2.05) is 6.92 Å². The monoisotopic (exact) mass is 182 g/mol. The predicted molar refractivity (Wildman–Crippen MR) is 48.5 cm³/mol. The number of hydrazone groups is 1. The fourth-order valence-electron chi connectivity index (χ4n) is 1.96. The van der Waals surface area contributed by atoms with Gasteiger partial charge >= 0.3 is 6.09 Å². The molecule has 1 heterocycles. The standard InChI is InChI=1S/C9H14N2O2/c1-9-6-4-2-3-5-7(9)10-11-8(12)13-9/h2-6H2,1H3,(H,11,12)/t9-/m0/s1. The first-order valence-electron chi connectivity index (χ1n) is 4.77. The smallest absolute Gasteiger partial charge is 0.428 e. The van der Waals surface area contributed by atoms with Crippen LogP contribution in [0.3, 0.4) is 0 Å². The van der Waals surface area contributed by atoms with Crippen molar-refractivity contribution >= 4 is 11.8 Å². The first-order valence-corrected chi connectivity index (χ1v) is 4.77. The van der Waals surface area contributed by atoms with Crippen LogP contribution in [0.15, 0.2) is 5.10 Å². The lowest BCUT2D eigenvalue weighted by molar-refractivity contribution is 0.0582. The van der Waals surface area contributed by atoms with Gasteiger partial charge in [-0.25, -0.2) is 10.2 Å². The van der Waals surface area contributed by atoms with Crippen LogP contribution in [-0.2, 0) is 4.74 Å². The van der Waals surface area contributed by atoms with Gasteiger partial charge in [0.05, 0.1) is 5.71 Å². The van der Waals surface area contributed by atoms with Crippen molar-refractivity contribution in [3.63, 3.8) is 0 Å². The molecule has 1 N–H and O–H groups in total. The SMILES string of the molecule is C[C@]12CCCCCC1=NNC(=O)O2. The number of fused-ring (bicyclic) bond motifs is 1. The zero-order chi connectivity index (χ0) is 9.31. The van der Waals surface area contributed by atoms with Crippen molar-refractivity contribution in [3.8, 4) is 0 Å². The van der Waals surface area contributed by atoms with Crippen LogP contribution in [0.1, 0.15) is 39.0 Å². The zero-order valence-electron chi connectivity index (χ0n) is 7.80. The van der Waals surface area contributed by atoms with E-state index in [9.17, 15) is 4.79 Å². The van der Waals surface area contributed by atoms with Crippen molar-refractivity contribution in [1.29, 1.82) is 0 Å². The molecule has 1 aliphatic carbocycles. The van der Waals surface area contributed by atoms with Crippen molar-refractivity contribution in [2.24, 2.45) is 5.10 Å². The van der Waals surface area contributed by atoms with Gasteiger partial charge in [-0.15, -0.1) is 0 Å². The third-order valence-electron chi connectivity index (χ3n) is 2.78. The number of nitrogens with zero attached hydrogens (tertiary/aromatic N) is 1. The van der Waals surface area contributed by atoms with E-state index in [1.54, 1.807) is 0 Å².